The van der Waals surface area contributed by atoms with Gasteiger partial charge in [0, 0.05) is 19.8 Å². The van der Waals surface area contributed by atoms with Gasteiger partial charge in [-0.05, 0) is 18.4 Å². The second-order valence-corrected chi connectivity index (χ2v) is 5.39. The summed E-state index contributed by atoms with van der Waals surface area (Å²) in [5, 5.41) is 22.7. The van der Waals surface area contributed by atoms with Crippen LogP contribution in [0.2, 0.25) is 0 Å². The smallest absolute Gasteiger partial charge is 0.326 e. The van der Waals surface area contributed by atoms with E-state index in [1.807, 2.05) is 36.4 Å². The first kappa shape index (κ1) is 19.2. The second kappa shape index (κ2) is 10.0. The van der Waals surface area contributed by atoms with Crippen molar-refractivity contribution in [3.8, 4) is 6.07 Å². The summed E-state index contributed by atoms with van der Waals surface area (Å²) in [7, 11) is 0. The largest absolute Gasteiger partial charge is 0.480 e. The van der Waals surface area contributed by atoms with Gasteiger partial charge < -0.3 is 15.7 Å². The lowest BCUT2D eigenvalue weighted by Crippen LogP contribution is -2.52. The lowest BCUT2D eigenvalue weighted by Gasteiger charge is -2.21. The van der Waals surface area contributed by atoms with Gasteiger partial charge in [-0.1, -0.05) is 30.3 Å². The summed E-state index contributed by atoms with van der Waals surface area (Å²) in [6, 6.07) is 9.12. The van der Waals surface area contributed by atoms with Gasteiger partial charge in [-0.3, -0.25) is 9.59 Å². The Labute approximate surface area is 140 Å². The van der Waals surface area contributed by atoms with Crippen molar-refractivity contribution in [3.05, 3.63) is 35.9 Å². The maximum atomic E-state index is 12.4. The number of amides is 2. The molecule has 0 saturated carbocycles. The molecule has 0 saturated heterocycles. The van der Waals surface area contributed by atoms with E-state index >= 15 is 0 Å². The zero-order valence-electron chi connectivity index (χ0n) is 13.5. The van der Waals surface area contributed by atoms with Crippen molar-refractivity contribution >= 4 is 17.8 Å². The van der Waals surface area contributed by atoms with E-state index in [0.29, 0.717) is 6.42 Å². The number of nitriles is 1. The highest BCUT2D eigenvalue weighted by Gasteiger charge is 2.25. The third-order valence-corrected chi connectivity index (χ3v) is 3.37. The number of carboxylic acid groups (broad SMARTS) is 1. The number of unbranched alkanes of at least 4 members (excludes halogenated alkanes) is 1. The highest BCUT2D eigenvalue weighted by Crippen LogP contribution is 2.06. The molecule has 0 heterocycles. The van der Waals surface area contributed by atoms with Crippen molar-refractivity contribution < 1.29 is 19.5 Å². The zero-order valence-corrected chi connectivity index (χ0v) is 13.5. The Morgan fingerprint density at radius 1 is 1.17 bits per heavy atom. The van der Waals surface area contributed by atoms with Crippen LogP contribution in [0, 0.1) is 11.3 Å². The first-order chi connectivity index (χ1) is 11.4. The summed E-state index contributed by atoms with van der Waals surface area (Å²) < 4.78 is 0. The van der Waals surface area contributed by atoms with Gasteiger partial charge in [-0.25, -0.2) is 4.79 Å². The van der Waals surface area contributed by atoms with Gasteiger partial charge in [0.15, 0.2) is 0 Å². The fraction of sp³-hybridized carbons (Fsp3) is 0.412. The Morgan fingerprint density at radius 3 is 2.38 bits per heavy atom. The molecule has 0 radical (unpaired) electrons. The number of benzene rings is 1. The molecule has 7 nitrogen and oxygen atoms in total. The lowest BCUT2D eigenvalue weighted by molar-refractivity contribution is -0.142. The minimum absolute atomic E-state index is 0.159. The maximum Gasteiger partial charge on any atom is 0.326 e. The van der Waals surface area contributed by atoms with E-state index in [2.05, 4.69) is 10.6 Å². The fourth-order valence-electron chi connectivity index (χ4n) is 2.22. The molecule has 0 unspecified atom stereocenters. The fourth-order valence-corrected chi connectivity index (χ4v) is 2.22. The summed E-state index contributed by atoms with van der Waals surface area (Å²) in [4.78, 5) is 35.0. The Bertz CT molecular complexity index is 610. The quantitative estimate of drug-likeness (QED) is 0.583. The molecule has 24 heavy (non-hydrogen) atoms. The van der Waals surface area contributed by atoms with Crippen molar-refractivity contribution in [2.24, 2.45) is 0 Å². The number of carbonyl (C=O) groups excluding carboxylic acids is 2. The van der Waals surface area contributed by atoms with Crippen molar-refractivity contribution in [3.63, 3.8) is 0 Å². The molecule has 7 heteroatoms. The molecule has 2 atom stereocenters. The summed E-state index contributed by atoms with van der Waals surface area (Å²) in [5.74, 6) is -2.09. The van der Waals surface area contributed by atoms with Crippen LogP contribution in [0.4, 0.5) is 0 Å². The van der Waals surface area contributed by atoms with Gasteiger partial charge in [-0.2, -0.15) is 5.26 Å². The molecule has 0 aliphatic heterocycles. The van der Waals surface area contributed by atoms with Crippen LogP contribution in [0.5, 0.6) is 0 Å². The van der Waals surface area contributed by atoms with Crippen LogP contribution in [-0.2, 0) is 20.8 Å². The number of hydrogen-bond donors (Lipinski definition) is 3. The Morgan fingerprint density at radius 2 is 1.83 bits per heavy atom. The summed E-state index contributed by atoms with van der Waals surface area (Å²) in [6.45, 7) is 1.30. The predicted molar refractivity (Wildman–Crippen MR) is 86.8 cm³/mol. The summed E-state index contributed by atoms with van der Waals surface area (Å²) in [6.07, 6.45) is 1.01. The standard InChI is InChI=1S/C17H21N3O4/c1-12(21)19-15(11-13-7-3-2-4-8-13)16(22)20-14(17(23)24)9-5-6-10-18/h2-4,7-8,14-15H,5-6,9,11H2,1H3,(H,19,21)(H,20,22)(H,23,24)/t14-,15+/m0/s1. The van der Waals surface area contributed by atoms with Crippen molar-refractivity contribution in [2.45, 2.75) is 44.7 Å². The van der Waals surface area contributed by atoms with Gasteiger partial charge >= 0.3 is 5.97 Å². The molecule has 0 aliphatic carbocycles. The molecule has 3 N–H and O–H groups in total. The Kier molecular flexibility index (Phi) is 7.99. The van der Waals surface area contributed by atoms with E-state index in [4.69, 9.17) is 5.26 Å². The highest BCUT2D eigenvalue weighted by molar-refractivity contribution is 5.90. The number of carboxylic acids is 1. The Balaban J connectivity index is 2.76. The van der Waals surface area contributed by atoms with Crippen molar-refractivity contribution in [1.82, 2.24) is 10.6 Å². The summed E-state index contributed by atoms with van der Waals surface area (Å²) >= 11 is 0. The minimum atomic E-state index is -1.16. The minimum Gasteiger partial charge on any atom is -0.480 e. The van der Waals surface area contributed by atoms with Crippen LogP contribution in [0.1, 0.15) is 31.7 Å². The monoisotopic (exact) mass is 331 g/mol. The lowest BCUT2D eigenvalue weighted by atomic mass is 10.0. The molecule has 0 fully saturated rings. The van der Waals surface area contributed by atoms with Gasteiger partial charge in [0.25, 0.3) is 0 Å². The predicted octanol–water partition coefficient (Wildman–Crippen LogP) is 0.997. The van der Waals surface area contributed by atoms with Gasteiger partial charge in [-0.15, -0.1) is 0 Å². The molecular weight excluding hydrogens is 310 g/mol. The van der Waals surface area contributed by atoms with E-state index in [1.54, 1.807) is 0 Å². The van der Waals surface area contributed by atoms with Crippen LogP contribution >= 0.6 is 0 Å². The van der Waals surface area contributed by atoms with Gasteiger partial charge in [0.05, 0.1) is 6.07 Å². The molecule has 1 rings (SSSR count). The number of rotatable bonds is 9. The number of hydrogen-bond acceptors (Lipinski definition) is 4. The molecule has 1 aromatic rings. The number of carbonyl (C=O) groups is 3. The van der Waals surface area contributed by atoms with E-state index in [0.717, 1.165) is 5.56 Å². The highest BCUT2D eigenvalue weighted by atomic mass is 16.4. The normalized spacial score (nSPS) is 12.5. The molecule has 2 amide bonds. The van der Waals surface area contributed by atoms with Crippen LogP contribution in [-0.4, -0.2) is 35.0 Å². The first-order valence-electron chi connectivity index (χ1n) is 7.65. The molecule has 1 aromatic carbocycles. The molecule has 0 bridgehead atoms. The third-order valence-electron chi connectivity index (χ3n) is 3.37. The molecular formula is C17H21N3O4. The SMILES string of the molecule is CC(=O)N[C@H](Cc1ccccc1)C(=O)N[C@@H](CCCC#N)C(=O)O. The van der Waals surface area contributed by atoms with E-state index < -0.39 is 24.0 Å². The van der Waals surface area contributed by atoms with E-state index in [-0.39, 0.29) is 25.2 Å². The van der Waals surface area contributed by atoms with Crippen molar-refractivity contribution in [1.29, 1.82) is 5.26 Å². The van der Waals surface area contributed by atoms with Crippen molar-refractivity contribution in [2.75, 3.05) is 0 Å². The van der Waals surface area contributed by atoms with Crippen LogP contribution in [0.15, 0.2) is 30.3 Å². The van der Waals surface area contributed by atoms with E-state index in [9.17, 15) is 19.5 Å². The molecule has 0 spiro atoms. The number of nitrogens with one attached hydrogen (secondary N) is 2. The first-order valence-corrected chi connectivity index (χ1v) is 7.65. The van der Waals surface area contributed by atoms with Gasteiger partial charge in [0.2, 0.25) is 11.8 Å². The maximum absolute atomic E-state index is 12.4. The van der Waals surface area contributed by atoms with E-state index in [1.165, 1.54) is 6.92 Å². The number of aliphatic carboxylic acids is 1. The summed E-state index contributed by atoms with van der Waals surface area (Å²) in [5.41, 5.74) is 0.850. The average Bonchev–Trinajstić information content (AvgIpc) is 2.53. The zero-order chi connectivity index (χ0) is 17.9. The molecule has 0 aromatic heterocycles. The van der Waals surface area contributed by atoms with Gasteiger partial charge in [0.1, 0.15) is 12.1 Å². The van der Waals surface area contributed by atoms with Crippen LogP contribution in [0.3, 0.4) is 0 Å². The molecule has 0 aliphatic rings. The van der Waals surface area contributed by atoms with Crippen LogP contribution in [0.25, 0.3) is 0 Å². The Hall–Kier alpha value is -2.88. The molecule has 128 valence electrons. The number of nitrogens with zero attached hydrogens (tertiary/aromatic N) is 1. The second-order valence-electron chi connectivity index (χ2n) is 5.39. The topological polar surface area (TPSA) is 119 Å². The van der Waals surface area contributed by atoms with Crippen LogP contribution < -0.4 is 10.6 Å². The third kappa shape index (κ3) is 6.92. The average molecular weight is 331 g/mol.